The minimum atomic E-state index is 0.369. The number of aromatic nitrogens is 2. The van der Waals surface area contributed by atoms with Crippen molar-refractivity contribution in [1.29, 1.82) is 0 Å². The zero-order valence-electron chi connectivity index (χ0n) is 11.5. The fourth-order valence-electron chi connectivity index (χ4n) is 2.69. The molecule has 1 unspecified atom stereocenters. The molecule has 3 aromatic rings. The lowest BCUT2D eigenvalue weighted by molar-refractivity contribution is 0.763. The topological polar surface area (TPSA) is 41.0 Å². The van der Waals surface area contributed by atoms with Crippen molar-refractivity contribution >= 4 is 27.7 Å². The molecule has 0 aliphatic carbocycles. The molecule has 1 atom stereocenters. The summed E-state index contributed by atoms with van der Waals surface area (Å²) in [5, 5.41) is 2.29. The third-order valence-electron chi connectivity index (χ3n) is 3.74. The highest BCUT2D eigenvalue weighted by Crippen LogP contribution is 2.29. The zero-order valence-corrected chi connectivity index (χ0v) is 12.3. The van der Waals surface area contributed by atoms with Crippen LogP contribution in [0.2, 0.25) is 0 Å². The Morgan fingerprint density at radius 2 is 2.10 bits per heavy atom. The molecule has 1 aliphatic heterocycles. The summed E-state index contributed by atoms with van der Waals surface area (Å²) >= 11 is 1.84. The molecule has 3 nitrogen and oxygen atoms in total. The monoisotopic (exact) mass is 293 g/mol. The van der Waals surface area contributed by atoms with Crippen LogP contribution < -0.4 is 0 Å². The number of pyridine rings is 1. The maximum atomic E-state index is 4.91. The van der Waals surface area contributed by atoms with Crippen molar-refractivity contribution in [3.8, 4) is 0 Å². The molecule has 0 saturated heterocycles. The lowest BCUT2D eigenvalue weighted by Gasteiger charge is -2.04. The Bertz CT molecular complexity index is 792. The number of benzene rings is 1. The van der Waals surface area contributed by atoms with Crippen LogP contribution in [-0.2, 0) is 6.42 Å². The van der Waals surface area contributed by atoms with Crippen LogP contribution in [0.5, 0.6) is 0 Å². The van der Waals surface area contributed by atoms with Crippen molar-refractivity contribution in [1.82, 2.24) is 9.97 Å². The maximum absolute atomic E-state index is 4.91. The Balaban J connectivity index is 1.60. The van der Waals surface area contributed by atoms with Crippen molar-refractivity contribution in [3.05, 3.63) is 66.1 Å². The van der Waals surface area contributed by atoms with Gasteiger partial charge in [-0.05, 0) is 18.1 Å². The molecule has 0 spiro atoms. The van der Waals surface area contributed by atoms with Gasteiger partial charge in [0.2, 0.25) is 0 Å². The number of hydrogen-bond donors (Lipinski definition) is 1. The van der Waals surface area contributed by atoms with Crippen molar-refractivity contribution < 1.29 is 0 Å². The SMILES string of the molecule is c1ccc(CC2CSC(c3c[nH]c4ccncc34)=N2)cc1. The molecule has 21 heavy (non-hydrogen) atoms. The summed E-state index contributed by atoms with van der Waals surface area (Å²) < 4.78 is 0. The number of aliphatic imine (C=N–C) groups is 1. The second-order valence-electron chi connectivity index (χ2n) is 5.21. The molecule has 4 heteroatoms. The molecular weight excluding hydrogens is 278 g/mol. The molecule has 2 aromatic heterocycles. The second kappa shape index (κ2) is 5.37. The number of rotatable bonds is 3. The minimum Gasteiger partial charge on any atom is -0.360 e. The molecule has 0 saturated carbocycles. The zero-order chi connectivity index (χ0) is 14.1. The van der Waals surface area contributed by atoms with Crippen LogP contribution >= 0.6 is 11.8 Å². The Morgan fingerprint density at radius 3 is 3.00 bits per heavy atom. The summed E-state index contributed by atoms with van der Waals surface area (Å²) in [5.41, 5.74) is 3.65. The van der Waals surface area contributed by atoms with E-state index in [1.165, 1.54) is 11.1 Å². The van der Waals surface area contributed by atoms with Crippen LogP contribution in [0.25, 0.3) is 10.9 Å². The predicted octanol–water partition coefficient (Wildman–Crippen LogP) is 3.67. The maximum Gasteiger partial charge on any atom is 0.100 e. The van der Waals surface area contributed by atoms with Crippen LogP contribution in [0.4, 0.5) is 0 Å². The number of thioether (sulfide) groups is 1. The highest BCUT2D eigenvalue weighted by molar-refractivity contribution is 8.14. The number of hydrogen-bond acceptors (Lipinski definition) is 3. The first kappa shape index (κ1) is 12.7. The first-order chi connectivity index (χ1) is 10.4. The van der Waals surface area contributed by atoms with Gasteiger partial charge in [-0.1, -0.05) is 30.3 Å². The van der Waals surface area contributed by atoms with E-state index in [1.54, 1.807) is 0 Å². The van der Waals surface area contributed by atoms with Crippen LogP contribution in [0, 0.1) is 0 Å². The van der Waals surface area contributed by atoms with E-state index in [9.17, 15) is 0 Å². The average Bonchev–Trinajstić information content (AvgIpc) is 3.14. The summed E-state index contributed by atoms with van der Waals surface area (Å²) in [7, 11) is 0. The van der Waals surface area contributed by atoms with Gasteiger partial charge in [-0.15, -0.1) is 11.8 Å². The van der Waals surface area contributed by atoms with E-state index in [-0.39, 0.29) is 0 Å². The van der Waals surface area contributed by atoms with Crippen LogP contribution in [0.1, 0.15) is 11.1 Å². The van der Waals surface area contributed by atoms with Crippen molar-refractivity contribution in [2.45, 2.75) is 12.5 Å². The molecule has 0 bridgehead atoms. The first-order valence-electron chi connectivity index (χ1n) is 7.06. The van der Waals surface area contributed by atoms with E-state index in [0.717, 1.165) is 28.1 Å². The molecule has 0 amide bonds. The van der Waals surface area contributed by atoms with Gasteiger partial charge in [0, 0.05) is 40.8 Å². The van der Waals surface area contributed by atoms with Crippen molar-refractivity contribution in [2.75, 3.05) is 5.75 Å². The highest BCUT2D eigenvalue weighted by Gasteiger charge is 2.21. The van der Waals surface area contributed by atoms with Gasteiger partial charge in [0.15, 0.2) is 0 Å². The summed E-state index contributed by atoms with van der Waals surface area (Å²) in [6.07, 6.45) is 6.78. The van der Waals surface area contributed by atoms with E-state index >= 15 is 0 Å². The minimum absolute atomic E-state index is 0.369. The normalized spacial score (nSPS) is 18.1. The van der Waals surface area contributed by atoms with Gasteiger partial charge >= 0.3 is 0 Å². The molecule has 1 aromatic carbocycles. The number of H-pyrrole nitrogens is 1. The smallest absolute Gasteiger partial charge is 0.100 e. The second-order valence-corrected chi connectivity index (χ2v) is 6.22. The summed E-state index contributed by atoms with van der Waals surface area (Å²) in [6, 6.07) is 13.0. The van der Waals surface area contributed by atoms with E-state index in [4.69, 9.17) is 4.99 Å². The van der Waals surface area contributed by atoms with Gasteiger partial charge in [-0.25, -0.2) is 0 Å². The lowest BCUT2D eigenvalue weighted by atomic mass is 10.1. The lowest BCUT2D eigenvalue weighted by Crippen LogP contribution is -2.07. The Labute approximate surface area is 127 Å². The Kier molecular flexibility index (Phi) is 3.24. The quantitative estimate of drug-likeness (QED) is 0.800. The van der Waals surface area contributed by atoms with Gasteiger partial charge < -0.3 is 4.98 Å². The molecule has 1 aliphatic rings. The largest absolute Gasteiger partial charge is 0.360 e. The molecule has 0 radical (unpaired) electrons. The average molecular weight is 293 g/mol. The van der Waals surface area contributed by atoms with Crippen molar-refractivity contribution in [3.63, 3.8) is 0 Å². The number of nitrogens with zero attached hydrogens (tertiary/aromatic N) is 2. The predicted molar refractivity (Wildman–Crippen MR) is 89.0 cm³/mol. The highest BCUT2D eigenvalue weighted by atomic mass is 32.2. The number of aromatic amines is 1. The number of nitrogens with one attached hydrogen (secondary N) is 1. The summed E-state index contributed by atoms with van der Waals surface area (Å²) in [6.45, 7) is 0. The van der Waals surface area contributed by atoms with E-state index in [2.05, 4.69) is 40.3 Å². The molecule has 1 N–H and O–H groups in total. The first-order valence-corrected chi connectivity index (χ1v) is 8.05. The van der Waals surface area contributed by atoms with E-state index in [1.807, 2.05) is 36.4 Å². The van der Waals surface area contributed by atoms with Crippen LogP contribution in [-0.4, -0.2) is 26.8 Å². The number of fused-ring (bicyclic) bond motifs is 1. The third kappa shape index (κ3) is 2.47. The fourth-order valence-corrected chi connectivity index (χ4v) is 3.78. The molecule has 0 fully saturated rings. The summed E-state index contributed by atoms with van der Waals surface area (Å²) in [4.78, 5) is 12.4. The molecular formula is C17H15N3S. The molecule has 3 heterocycles. The van der Waals surface area contributed by atoms with Gasteiger partial charge in [0.25, 0.3) is 0 Å². The molecule has 104 valence electrons. The Hall–Kier alpha value is -2.07. The third-order valence-corrected chi connectivity index (χ3v) is 4.89. The van der Waals surface area contributed by atoms with Gasteiger partial charge in [-0.2, -0.15) is 0 Å². The fraction of sp³-hybridized carbons (Fsp3) is 0.176. The van der Waals surface area contributed by atoms with Crippen LogP contribution in [0.3, 0.4) is 0 Å². The van der Waals surface area contributed by atoms with E-state index in [0.29, 0.717) is 6.04 Å². The van der Waals surface area contributed by atoms with Gasteiger partial charge in [0.05, 0.1) is 6.04 Å². The van der Waals surface area contributed by atoms with E-state index < -0.39 is 0 Å². The standard InChI is InChI=1S/C17H15N3S/c1-2-4-12(5-3-1)8-13-11-21-17(20-13)15-10-19-16-6-7-18-9-14(15)16/h1-7,9-10,13,19H,8,11H2. The molecule has 4 rings (SSSR count). The van der Waals surface area contributed by atoms with Gasteiger partial charge in [-0.3, -0.25) is 9.98 Å². The summed E-state index contributed by atoms with van der Waals surface area (Å²) in [5.74, 6) is 1.05. The van der Waals surface area contributed by atoms with Crippen LogP contribution in [0.15, 0.2) is 60.0 Å². The van der Waals surface area contributed by atoms with Gasteiger partial charge in [0.1, 0.15) is 5.04 Å². The van der Waals surface area contributed by atoms with Crippen molar-refractivity contribution in [2.24, 2.45) is 4.99 Å². The Morgan fingerprint density at radius 1 is 1.19 bits per heavy atom.